The van der Waals surface area contributed by atoms with E-state index in [1.165, 1.54) is 6.20 Å². The van der Waals surface area contributed by atoms with E-state index in [-0.39, 0.29) is 24.6 Å². The molecule has 4 rings (SSSR count). The largest absolute Gasteiger partial charge is 0.496 e. The number of aliphatic hydroxyl groups is 1. The number of ether oxygens (including phenoxy) is 1. The lowest BCUT2D eigenvalue weighted by Gasteiger charge is -2.29. The third-order valence-electron chi connectivity index (χ3n) is 7.93. The summed E-state index contributed by atoms with van der Waals surface area (Å²) >= 11 is 0. The van der Waals surface area contributed by atoms with E-state index in [0.29, 0.717) is 6.42 Å². The van der Waals surface area contributed by atoms with Crippen molar-refractivity contribution in [2.75, 3.05) is 13.7 Å². The summed E-state index contributed by atoms with van der Waals surface area (Å²) in [7, 11) is 1.62. The lowest BCUT2D eigenvalue weighted by molar-refractivity contribution is -0.125. The molecule has 3 aromatic carbocycles. The molecular weight excluding hydrogens is 594 g/mol. The van der Waals surface area contributed by atoms with Gasteiger partial charge in [0.05, 0.1) is 25.3 Å². The summed E-state index contributed by atoms with van der Waals surface area (Å²) in [5.74, 6) is -0.995. The molecule has 0 aliphatic carbocycles. The lowest BCUT2D eigenvalue weighted by Crippen LogP contribution is -2.57. The fourth-order valence-electron chi connectivity index (χ4n) is 5.33. The number of primary amides is 1. The third-order valence-corrected chi connectivity index (χ3v) is 7.93. The number of pyridine rings is 1. The molecule has 10 heteroatoms. The molecule has 0 aliphatic heterocycles. The minimum absolute atomic E-state index is 0.0236. The van der Waals surface area contributed by atoms with Gasteiger partial charge in [0.2, 0.25) is 11.8 Å². The molecule has 47 heavy (non-hydrogen) atoms. The van der Waals surface area contributed by atoms with Crippen LogP contribution in [-0.4, -0.2) is 65.7 Å². The van der Waals surface area contributed by atoms with Crippen LogP contribution < -0.4 is 26.4 Å². The zero-order chi connectivity index (χ0) is 33.8. The number of amides is 3. The van der Waals surface area contributed by atoms with E-state index in [1.807, 2.05) is 92.7 Å². The van der Waals surface area contributed by atoms with Gasteiger partial charge in [-0.05, 0) is 53.6 Å². The van der Waals surface area contributed by atoms with Gasteiger partial charge < -0.3 is 31.5 Å². The van der Waals surface area contributed by atoms with Crippen LogP contribution in [0.4, 0.5) is 0 Å². The van der Waals surface area contributed by atoms with Crippen molar-refractivity contribution in [3.8, 4) is 16.9 Å². The van der Waals surface area contributed by atoms with Crippen LogP contribution >= 0.6 is 0 Å². The second-order valence-electron chi connectivity index (χ2n) is 11.8. The van der Waals surface area contributed by atoms with Crippen LogP contribution in [0.1, 0.15) is 35.5 Å². The summed E-state index contributed by atoms with van der Waals surface area (Å²) in [5, 5.41) is 20.2. The van der Waals surface area contributed by atoms with E-state index in [2.05, 4.69) is 20.9 Å². The SMILES string of the molecule is COc1ccccc1-c1cccc(C[C@H](NC[C@H](O)[C@H](Cc2ccccc2)NC(=O)[C@@H](NC(=O)c2ccccn2)C(C)C)C(N)=O)c1. The lowest BCUT2D eigenvalue weighted by atomic mass is 9.97. The van der Waals surface area contributed by atoms with Gasteiger partial charge in [-0.3, -0.25) is 19.4 Å². The molecule has 246 valence electrons. The first-order chi connectivity index (χ1) is 22.7. The van der Waals surface area contributed by atoms with E-state index >= 15 is 0 Å². The number of para-hydroxylation sites is 1. The highest BCUT2D eigenvalue weighted by Crippen LogP contribution is 2.30. The molecule has 1 aromatic heterocycles. The summed E-state index contributed by atoms with van der Waals surface area (Å²) in [4.78, 5) is 43.0. The number of rotatable bonds is 16. The average Bonchev–Trinajstić information content (AvgIpc) is 3.09. The van der Waals surface area contributed by atoms with Crippen molar-refractivity contribution < 1.29 is 24.2 Å². The van der Waals surface area contributed by atoms with Gasteiger partial charge in [-0.15, -0.1) is 0 Å². The van der Waals surface area contributed by atoms with Crippen LogP contribution in [0, 0.1) is 5.92 Å². The number of methoxy groups -OCH3 is 1. The van der Waals surface area contributed by atoms with Crippen LogP contribution in [0.5, 0.6) is 5.75 Å². The fraction of sp³-hybridized carbons (Fsp3) is 0.297. The number of benzene rings is 3. The first-order valence-electron chi connectivity index (χ1n) is 15.7. The van der Waals surface area contributed by atoms with Crippen molar-refractivity contribution in [3.05, 3.63) is 120 Å². The Morgan fingerprint density at radius 1 is 0.851 bits per heavy atom. The second-order valence-corrected chi connectivity index (χ2v) is 11.8. The Kier molecular flexibility index (Phi) is 12.6. The van der Waals surface area contributed by atoms with Crippen molar-refractivity contribution in [2.24, 2.45) is 11.7 Å². The highest BCUT2D eigenvalue weighted by molar-refractivity contribution is 5.96. The Hall–Kier alpha value is -5.06. The minimum Gasteiger partial charge on any atom is -0.496 e. The summed E-state index contributed by atoms with van der Waals surface area (Å²) in [5.41, 5.74) is 9.62. The molecule has 0 fully saturated rings. The Labute approximate surface area is 275 Å². The summed E-state index contributed by atoms with van der Waals surface area (Å²) in [6.45, 7) is 3.63. The molecule has 0 bridgehead atoms. The van der Waals surface area contributed by atoms with Gasteiger partial charge in [0.15, 0.2) is 0 Å². The zero-order valence-electron chi connectivity index (χ0n) is 26.9. The molecule has 0 aliphatic rings. The van der Waals surface area contributed by atoms with E-state index in [4.69, 9.17) is 10.5 Å². The molecule has 0 saturated heterocycles. The molecule has 6 N–H and O–H groups in total. The van der Waals surface area contributed by atoms with E-state index < -0.39 is 42.0 Å². The van der Waals surface area contributed by atoms with Crippen LogP contribution in [0.3, 0.4) is 0 Å². The van der Waals surface area contributed by atoms with Gasteiger partial charge in [0.1, 0.15) is 17.5 Å². The zero-order valence-corrected chi connectivity index (χ0v) is 26.9. The van der Waals surface area contributed by atoms with Gasteiger partial charge in [0, 0.05) is 18.3 Å². The highest BCUT2D eigenvalue weighted by atomic mass is 16.5. The maximum atomic E-state index is 13.6. The normalized spacial score (nSPS) is 13.6. The smallest absolute Gasteiger partial charge is 0.270 e. The van der Waals surface area contributed by atoms with Crippen LogP contribution in [0.15, 0.2) is 103 Å². The molecule has 0 spiro atoms. The van der Waals surface area contributed by atoms with E-state index in [0.717, 1.165) is 28.0 Å². The maximum Gasteiger partial charge on any atom is 0.270 e. The molecule has 1 heterocycles. The number of aromatic nitrogens is 1. The Morgan fingerprint density at radius 2 is 1.55 bits per heavy atom. The van der Waals surface area contributed by atoms with Crippen molar-refractivity contribution in [3.63, 3.8) is 0 Å². The van der Waals surface area contributed by atoms with Gasteiger partial charge >= 0.3 is 0 Å². The highest BCUT2D eigenvalue weighted by Gasteiger charge is 2.30. The molecular formula is C37H43N5O5. The van der Waals surface area contributed by atoms with Gasteiger partial charge in [-0.2, -0.15) is 0 Å². The summed E-state index contributed by atoms with van der Waals surface area (Å²) < 4.78 is 5.52. The topological polar surface area (TPSA) is 156 Å². The van der Waals surface area contributed by atoms with Crippen molar-refractivity contribution in [1.82, 2.24) is 20.9 Å². The monoisotopic (exact) mass is 637 g/mol. The number of aliphatic hydroxyl groups excluding tert-OH is 1. The first kappa shape index (κ1) is 34.8. The molecule has 0 saturated carbocycles. The number of carbonyl (C=O) groups is 3. The molecule has 3 amide bonds. The molecule has 10 nitrogen and oxygen atoms in total. The fourth-order valence-corrected chi connectivity index (χ4v) is 5.33. The molecule has 4 aromatic rings. The van der Waals surface area contributed by atoms with Crippen molar-refractivity contribution >= 4 is 17.7 Å². The third kappa shape index (κ3) is 9.96. The predicted molar refractivity (Wildman–Crippen MR) is 182 cm³/mol. The number of nitrogens with zero attached hydrogens (tertiary/aromatic N) is 1. The van der Waals surface area contributed by atoms with Crippen molar-refractivity contribution in [1.29, 1.82) is 0 Å². The van der Waals surface area contributed by atoms with E-state index in [1.54, 1.807) is 25.3 Å². The second kappa shape index (κ2) is 17.0. The first-order valence-corrected chi connectivity index (χ1v) is 15.7. The van der Waals surface area contributed by atoms with Gasteiger partial charge in [-0.25, -0.2) is 0 Å². The number of carbonyl (C=O) groups excluding carboxylic acids is 3. The number of hydrogen-bond acceptors (Lipinski definition) is 7. The summed E-state index contributed by atoms with van der Waals surface area (Å²) in [6, 6.07) is 27.5. The number of hydrogen-bond donors (Lipinski definition) is 5. The molecule has 0 unspecified atom stereocenters. The van der Waals surface area contributed by atoms with Crippen LogP contribution in [0.2, 0.25) is 0 Å². The quantitative estimate of drug-likeness (QED) is 0.126. The van der Waals surface area contributed by atoms with Crippen LogP contribution in [-0.2, 0) is 22.4 Å². The number of nitrogens with two attached hydrogens (primary N) is 1. The Bertz CT molecular complexity index is 1620. The molecule has 0 radical (unpaired) electrons. The van der Waals surface area contributed by atoms with Crippen molar-refractivity contribution in [2.45, 2.75) is 50.9 Å². The standard InChI is InChI=1S/C37H43N5O5/c1-24(2)34(42-36(45)29-17-9-10-19-39-29)37(46)41-30(21-25-12-5-4-6-13-25)32(43)23-40-31(35(38)44)22-26-14-11-15-27(20-26)28-16-7-8-18-33(28)47-3/h4-20,24,30-32,34,40,43H,21-23H2,1-3H3,(H2,38,44)(H,41,46)(H,42,45)/t30-,31-,32-,34-/m0/s1. The van der Waals surface area contributed by atoms with E-state index in [9.17, 15) is 19.5 Å². The Balaban J connectivity index is 1.47. The minimum atomic E-state index is -1.10. The average molecular weight is 638 g/mol. The predicted octanol–water partition coefficient (Wildman–Crippen LogP) is 3.29. The van der Waals surface area contributed by atoms with Gasteiger partial charge in [0.25, 0.3) is 5.91 Å². The maximum absolute atomic E-state index is 13.6. The van der Waals surface area contributed by atoms with Gasteiger partial charge in [-0.1, -0.05) is 92.7 Å². The van der Waals surface area contributed by atoms with Crippen LogP contribution in [0.25, 0.3) is 11.1 Å². The Morgan fingerprint density at radius 3 is 2.23 bits per heavy atom. The number of nitrogens with one attached hydrogen (secondary N) is 3. The summed E-state index contributed by atoms with van der Waals surface area (Å²) in [6.07, 6.45) is 1.02. The molecule has 4 atom stereocenters.